The van der Waals surface area contributed by atoms with Crippen LogP contribution in [-0.4, -0.2) is 29.4 Å². The number of nitrogens with one attached hydrogen (secondary N) is 1. The minimum atomic E-state index is -4.81. The molecule has 2 N–H and O–H groups in total. The van der Waals surface area contributed by atoms with Crippen LogP contribution in [0.5, 0.6) is 5.75 Å². The lowest BCUT2D eigenvalue weighted by Crippen LogP contribution is -2.45. The van der Waals surface area contributed by atoms with Gasteiger partial charge in [-0.3, -0.25) is 4.79 Å². The number of halogens is 3. The lowest BCUT2D eigenvalue weighted by atomic mass is 10.0. The van der Waals surface area contributed by atoms with Crippen LogP contribution in [0.25, 0.3) is 0 Å². The number of carbonyl (C=O) groups is 2. The number of hydrogen-bond donors (Lipinski definition) is 2. The highest BCUT2D eigenvalue weighted by Gasteiger charge is 2.47. The first-order chi connectivity index (χ1) is 11.1. The predicted molar refractivity (Wildman–Crippen MR) is 78.4 cm³/mol. The van der Waals surface area contributed by atoms with Gasteiger partial charge in [-0.15, -0.1) is 13.2 Å². The van der Waals surface area contributed by atoms with Crippen LogP contribution in [0.15, 0.2) is 24.3 Å². The fraction of sp³-hybridized carbons (Fsp3) is 0.500. The molecule has 1 aromatic carbocycles. The van der Waals surface area contributed by atoms with Crippen molar-refractivity contribution < 1.29 is 32.6 Å². The van der Waals surface area contributed by atoms with Crippen molar-refractivity contribution in [1.82, 2.24) is 5.32 Å². The largest absolute Gasteiger partial charge is 0.573 e. The number of alkyl halides is 3. The van der Waals surface area contributed by atoms with E-state index in [1.54, 1.807) is 19.9 Å². The molecular weight excluding hydrogens is 327 g/mol. The standard InChI is InChI=1S/C16H18F3NO4/c1-8(2)13(15(22)23)20-14(21)11-7-10(11)9-5-3-4-6-12(9)24-16(17,18)19/h3-6,8,10-11,13H,7H2,1-2H3,(H,20,21)(H,22,23)/t10?,11?,13-/m0/s1. The molecule has 0 bridgehead atoms. The lowest BCUT2D eigenvalue weighted by Gasteiger charge is -2.18. The third-order valence-electron chi connectivity index (χ3n) is 3.90. The summed E-state index contributed by atoms with van der Waals surface area (Å²) in [6.07, 6.45) is -4.46. The molecule has 0 radical (unpaired) electrons. The number of carboxylic acids is 1. The van der Waals surface area contributed by atoms with Gasteiger partial charge in [0.25, 0.3) is 0 Å². The summed E-state index contributed by atoms with van der Waals surface area (Å²) in [6.45, 7) is 3.33. The first-order valence-electron chi connectivity index (χ1n) is 7.48. The fourth-order valence-electron chi connectivity index (χ4n) is 2.61. The van der Waals surface area contributed by atoms with Gasteiger partial charge in [0.05, 0.1) is 0 Å². The molecule has 1 aromatic rings. The molecule has 8 heteroatoms. The highest BCUT2D eigenvalue weighted by Crippen LogP contribution is 2.51. The van der Waals surface area contributed by atoms with E-state index in [4.69, 9.17) is 5.11 Å². The van der Waals surface area contributed by atoms with E-state index in [1.165, 1.54) is 18.2 Å². The molecule has 0 saturated heterocycles. The van der Waals surface area contributed by atoms with E-state index in [0.717, 1.165) is 0 Å². The summed E-state index contributed by atoms with van der Waals surface area (Å²) in [5.74, 6) is -3.21. The quantitative estimate of drug-likeness (QED) is 0.831. The SMILES string of the molecule is CC(C)[C@H](NC(=O)C1CC1c1ccccc1OC(F)(F)F)C(=O)O. The molecule has 2 unspecified atom stereocenters. The average Bonchev–Trinajstić information content (AvgIpc) is 3.23. The Morgan fingerprint density at radius 1 is 1.29 bits per heavy atom. The van der Waals surface area contributed by atoms with Crippen molar-refractivity contribution in [3.63, 3.8) is 0 Å². The van der Waals surface area contributed by atoms with Crippen molar-refractivity contribution in [2.75, 3.05) is 0 Å². The Morgan fingerprint density at radius 3 is 2.46 bits per heavy atom. The highest BCUT2D eigenvalue weighted by molar-refractivity contribution is 5.87. The summed E-state index contributed by atoms with van der Waals surface area (Å²) in [6, 6.07) is 4.64. The zero-order valence-corrected chi connectivity index (χ0v) is 13.1. The topological polar surface area (TPSA) is 75.6 Å². The number of hydrogen-bond acceptors (Lipinski definition) is 3. The normalized spacial score (nSPS) is 21.2. The molecule has 132 valence electrons. The minimum absolute atomic E-state index is 0.298. The molecule has 3 atom stereocenters. The molecule has 1 fully saturated rings. The van der Waals surface area contributed by atoms with Crippen molar-refractivity contribution in [3.05, 3.63) is 29.8 Å². The molecule has 0 heterocycles. The van der Waals surface area contributed by atoms with E-state index in [2.05, 4.69) is 10.1 Å². The van der Waals surface area contributed by atoms with Gasteiger partial charge >= 0.3 is 12.3 Å². The van der Waals surface area contributed by atoms with Gasteiger partial charge in [-0.25, -0.2) is 4.79 Å². The van der Waals surface area contributed by atoms with Crippen molar-refractivity contribution in [1.29, 1.82) is 0 Å². The Kier molecular flexibility index (Phi) is 5.05. The van der Waals surface area contributed by atoms with Crippen LogP contribution in [0.3, 0.4) is 0 Å². The van der Waals surface area contributed by atoms with Crippen LogP contribution in [0.1, 0.15) is 31.7 Å². The van der Waals surface area contributed by atoms with E-state index in [1.807, 2.05) is 0 Å². The maximum absolute atomic E-state index is 12.4. The minimum Gasteiger partial charge on any atom is -0.480 e. The number of benzene rings is 1. The van der Waals surface area contributed by atoms with Gasteiger partial charge in [0.15, 0.2) is 0 Å². The van der Waals surface area contributed by atoms with Crippen molar-refractivity contribution in [2.24, 2.45) is 11.8 Å². The van der Waals surface area contributed by atoms with E-state index in [0.29, 0.717) is 12.0 Å². The van der Waals surface area contributed by atoms with Crippen LogP contribution in [0.4, 0.5) is 13.2 Å². The smallest absolute Gasteiger partial charge is 0.480 e. The first-order valence-corrected chi connectivity index (χ1v) is 7.48. The summed E-state index contributed by atoms with van der Waals surface area (Å²) in [7, 11) is 0. The predicted octanol–water partition coefficient (Wildman–Crippen LogP) is 2.91. The highest BCUT2D eigenvalue weighted by atomic mass is 19.4. The molecular formula is C16H18F3NO4. The Balaban J connectivity index is 2.07. The maximum Gasteiger partial charge on any atom is 0.573 e. The van der Waals surface area contributed by atoms with Crippen LogP contribution < -0.4 is 10.1 Å². The zero-order valence-electron chi connectivity index (χ0n) is 13.1. The van der Waals surface area contributed by atoms with Gasteiger partial charge in [0.2, 0.25) is 5.91 Å². The van der Waals surface area contributed by atoms with Crippen LogP contribution in [0, 0.1) is 11.8 Å². The van der Waals surface area contributed by atoms with Crippen molar-refractivity contribution >= 4 is 11.9 Å². The Morgan fingerprint density at radius 2 is 1.92 bits per heavy atom. The van der Waals surface area contributed by atoms with Crippen LogP contribution in [-0.2, 0) is 9.59 Å². The van der Waals surface area contributed by atoms with Crippen LogP contribution >= 0.6 is 0 Å². The third kappa shape index (κ3) is 4.39. The third-order valence-corrected chi connectivity index (χ3v) is 3.90. The Bertz CT molecular complexity index is 630. The molecule has 0 aromatic heterocycles. The molecule has 24 heavy (non-hydrogen) atoms. The number of amides is 1. The van der Waals surface area contributed by atoms with Gasteiger partial charge in [-0.1, -0.05) is 32.0 Å². The number of para-hydroxylation sites is 1. The monoisotopic (exact) mass is 345 g/mol. The molecule has 0 aliphatic heterocycles. The number of ether oxygens (including phenoxy) is 1. The second-order valence-corrected chi connectivity index (χ2v) is 6.10. The van der Waals surface area contributed by atoms with E-state index in [9.17, 15) is 22.8 Å². The van der Waals surface area contributed by atoms with Crippen LogP contribution in [0.2, 0.25) is 0 Å². The zero-order chi connectivity index (χ0) is 18.1. The number of carboxylic acid groups (broad SMARTS) is 1. The van der Waals surface area contributed by atoms with Crippen molar-refractivity contribution in [2.45, 2.75) is 38.6 Å². The summed E-state index contributed by atoms with van der Waals surface area (Å²) in [5.41, 5.74) is 0.298. The van der Waals surface area contributed by atoms with E-state index >= 15 is 0 Å². The number of aliphatic carboxylic acids is 1. The molecule has 1 saturated carbocycles. The number of carbonyl (C=O) groups excluding carboxylic acids is 1. The van der Waals surface area contributed by atoms with Gasteiger partial charge < -0.3 is 15.2 Å². The van der Waals surface area contributed by atoms with Gasteiger partial charge in [-0.05, 0) is 29.9 Å². The number of rotatable bonds is 6. The van der Waals surface area contributed by atoms with Gasteiger partial charge in [-0.2, -0.15) is 0 Å². The van der Waals surface area contributed by atoms with E-state index in [-0.39, 0.29) is 11.7 Å². The first kappa shape index (κ1) is 18.1. The summed E-state index contributed by atoms with van der Waals surface area (Å²) in [4.78, 5) is 23.3. The molecule has 1 aliphatic rings. The maximum atomic E-state index is 12.4. The Labute approximate surface area is 136 Å². The second kappa shape index (κ2) is 6.70. The van der Waals surface area contributed by atoms with E-state index < -0.39 is 36.1 Å². The average molecular weight is 345 g/mol. The molecule has 0 spiro atoms. The van der Waals surface area contributed by atoms with Crippen molar-refractivity contribution in [3.8, 4) is 5.75 Å². The Hall–Kier alpha value is -2.25. The molecule has 1 aliphatic carbocycles. The van der Waals surface area contributed by atoms with Gasteiger partial charge in [0, 0.05) is 5.92 Å². The molecule has 5 nitrogen and oxygen atoms in total. The summed E-state index contributed by atoms with van der Waals surface area (Å²) < 4.78 is 41.3. The summed E-state index contributed by atoms with van der Waals surface area (Å²) in [5, 5.41) is 11.5. The molecule has 2 rings (SSSR count). The fourth-order valence-corrected chi connectivity index (χ4v) is 2.61. The van der Waals surface area contributed by atoms with Gasteiger partial charge in [0.1, 0.15) is 11.8 Å². The lowest BCUT2D eigenvalue weighted by molar-refractivity contribution is -0.274. The second-order valence-electron chi connectivity index (χ2n) is 6.10. The summed E-state index contributed by atoms with van der Waals surface area (Å²) >= 11 is 0. The molecule has 1 amide bonds.